The van der Waals surface area contributed by atoms with Crippen LogP contribution in [0.4, 0.5) is 10.5 Å². The Morgan fingerprint density at radius 2 is 1.76 bits per heavy atom. The van der Waals surface area contributed by atoms with Gasteiger partial charge in [0.1, 0.15) is 18.9 Å². The maximum atomic E-state index is 12.9. The van der Waals surface area contributed by atoms with Crippen LogP contribution in [0, 0.1) is 0 Å². The fourth-order valence-electron chi connectivity index (χ4n) is 3.64. The summed E-state index contributed by atoms with van der Waals surface area (Å²) in [5, 5.41) is 2.79. The van der Waals surface area contributed by atoms with Gasteiger partial charge >= 0.3 is 0 Å². The molecule has 194 valence electrons. The molecule has 2 heterocycles. The lowest BCUT2D eigenvalue weighted by molar-refractivity contribution is -0.127. The summed E-state index contributed by atoms with van der Waals surface area (Å²) in [6, 6.07) is 15.8. The third-order valence-corrected chi connectivity index (χ3v) is 7.78. The van der Waals surface area contributed by atoms with Crippen molar-refractivity contribution in [1.82, 2.24) is 4.90 Å². The number of benzene rings is 3. The molecule has 3 amide bonds. The van der Waals surface area contributed by atoms with Crippen LogP contribution in [-0.4, -0.2) is 35.3 Å². The minimum Gasteiger partial charge on any atom is -0.487 e. The Kier molecular flexibility index (Phi) is 7.98. The summed E-state index contributed by atoms with van der Waals surface area (Å²) in [6.07, 6.45) is 1.60. The fourth-order valence-corrected chi connectivity index (χ4v) is 6.06. The molecule has 0 bridgehead atoms. The van der Waals surface area contributed by atoms with Crippen molar-refractivity contribution in [2.45, 2.75) is 6.61 Å². The van der Waals surface area contributed by atoms with Gasteiger partial charge in [0.15, 0.2) is 11.5 Å². The number of amides is 3. The first-order valence-electron chi connectivity index (χ1n) is 11.1. The van der Waals surface area contributed by atoms with Gasteiger partial charge in [0.25, 0.3) is 11.1 Å². The van der Waals surface area contributed by atoms with E-state index in [1.807, 2.05) is 12.1 Å². The van der Waals surface area contributed by atoms with Gasteiger partial charge in [0, 0.05) is 16.8 Å². The quantitative estimate of drug-likeness (QED) is 0.273. The molecule has 0 aliphatic carbocycles. The zero-order valence-corrected chi connectivity index (χ0v) is 24.1. The molecule has 3 aromatic rings. The number of rotatable bonds is 7. The Morgan fingerprint density at radius 3 is 2.50 bits per heavy atom. The summed E-state index contributed by atoms with van der Waals surface area (Å²) in [4.78, 5) is 39.1. The molecule has 12 heteroatoms. The number of carbonyl (C=O) groups is 3. The van der Waals surface area contributed by atoms with Gasteiger partial charge in [-0.1, -0.05) is 23.7 Å². The number of hydrogen-bond donors (Lipinski definition) is 1. The zero-order valence-electron chi connectivity index (χ0n) is 19.3. The van der Waals surface area contributed by atoms with E-state index in [9.17, 15) is 14.4 Å². The summed E-state index contributed by atoms with van der Waals surface area (Å²) in [5.74, 6) is 0.621. The molecule has 8 nitrogen and oxygen atoms in total. The SMILES string of the molecule is O=C(CN1C(=O)S/C(=C/c2cc(Br)c(OCc3ccc(Cl)cc3)c(Br)c2)C1=O)Nc1ccc2c(c1)OCO2. The Morgan fingerprint density at radius 1 is 1.05 bits per heavy atom. The monoisotopic (exact) mass is 678 g/mol. The van der Waals surface area contributed by atoms with Crippen molar-refractivity contribution in [3.05, 3.63) is 84.6 Å². The van der Waals surface area contributed by atoms with Gasteiger partial charge in [0.2, 0.25) is 12.7 Å². The van der Waals surface area contributed by atoms with Gasteiger partial charge in [-0.05, 0) is 97.2 Å². The molecule has 0 unspecified atom stereocenters. The lowest BCUT2D eigenvalue weighted by atomic mass is 10.2. The largest absolute Gasteiger partial charge is 0.487 e. The van der Waals surface area contributed by atoms with E-state index in [0.29, 0.717) is 49.1 Å². The number of anilines is 1. The van der Waals surface area contributed by atoms with E-state index in [1.165, 1.54) is 0 Å². The molecular formula is C26H17Br2ClN2O6S. The average molecular weight is 681 g/mol. The second-order valence-corrected chi connectivity index (χ2v) is 11.3. The van der Waals surface area contributed by atoms with E-state index in [2.05, 4.69) is 37.2 Å². The highest BCUT2D eigenvalue weighted by atomic mass is 79.9. The third kappa shape index (κ3) is 6.01. The Bertz CT molecular complexity index is 1460. The van der Waals surface area contributed by atoms with Crippen molar-refractivity contribution in [3.8, 4) is 17.2 Å². The topological polar surface area (TPSA) is 94.2 Å². The van der Waals surface area contributed by atoms with Crippen LogP contribution in [0.3, 0.4) is 0 Å². The number of ether oxygens (including phenoxy) is 3. The van der Waals surface area contributed by atoms with Gasteiger partial charge in [-0.25, -0.2) is 0 Å². The molecule has 0 atom stereocenters. The minimum atomic E-state index is -0.545. The van der Waals surface area contributed by atoms with Crippen molar-refractivity contribution in [3.63, 3.8) is 0 Å². The molecule has 1 N–H and O–H groups in total. The predicted octanol–water partition coefficient (Wildman–Crippen LogP) is 6.85. The number of nitrogens with one attached hydrogen (secondary N) is 1. The zero-order chi connectivity index (χ0) is 26.8. The normalized spacial score (nSPS) is 15.3. The molecule has 5 rings (SSSR count). The van der Waals surface area contributed by atoms with Crippen LogP contribution in [-0.2, 0) is 16.2 Å². The Labute approximate surface area is 243 Å². The molecule has 38 heavy (non-hydrogen) atoms. The van der Waals surface area contributed by atoms with Crippen LogP contribution in [0.2, 0.25) is 5.02 Å². The summed E-state index contributed by atoms with van der Waals surface area (Å²) in [5.41, 5.74) is 2.08. The van der Waals surface area contributed by atoms with E-state index in [-0.39, 0.29) is 11.7 Å². The van der Waals surface area contributed by atoms with Crippen molar-refractivity contribution in [2.24, 2.45) is 0 Å². The lowest BCUT2D eigenvalue weighted by Gasteiger charge is -2.13. The van der Waals surface area contributed by atoms with Gasteiger partial charge in [-0.2, -0.15) is 0 Å². The van der Waals surface area contributed by atoms with Gasteiger partial charge in [-0.15, -0.1) is 0 Å². The van der Waals surface area contributed by atoms with Crippen molar-refractivity contribution in [1.29, 1.82) is 0 Å². The molecule has 0 radical (unpaired) electrons. The lowest BCUT2D eigenvalue weighted by Crippen LogP contribution is -2.36. The van der Waals surface area contributed by atoms with E-state index in [0.717, 1.165) is 22.2 Å². The van der Waals surface area contributed by atoms with Gasteiger partial charge < -0.3 is 19.5 Å². The first-order chi connectivity index (χ1) is 18.3. The second-order valence-electron chi connectivity index (χ2n) is 8.11. The summed E-state index contributed by atoms with van der Waals surface area (Å²) >= 11 is 13.7. The molecule has 1 fully saturated rings. The number of hydrogen-bond acceptors (Lipinski definition) is 7. The number of thioether (sulfide) groups is 1. The standard InChI is InChI=1S/C26H17Br2ClN2O6S/c27-18-7-15(8-19(28)24(18)35-12-14-1-3-16(29)4-2-14)9-22-25(33)31(26(34)38-22)11-23(32)30-17-5-6-20-21(10-17)37-13-36-20/h1-10H,11-13H2,(H,30,32)/b22-9+. The van der Waals surface area contributed by atoms with E-state index in [1.54, 1.807) is 48.5 Å². The molecule has 0 saturated carbocycles. The Balaban J connectivity index is 1.24. The molecule has 0 spiro atoms. The summed E-state index contributed by atoms with van der Waals surface area (Å²) < 4.78 is 17.8. The summed E-state index contributed by atoms with van der Waals surface area (Å²) in [6.45, 7) is 0.0321. The molecule has 1 saturated heterocycles. The van der Waals surface area contributed by atoms with Crippen LogP contribution >= 0.6 is 55.2 Å². The van der Waals surface area contributed by atoms with Crippen molar-refractivity contribution in [2.75, 3.05) is 18.7 Å². The Hall–Kier alpha value is -2.99. The predicted molar refractivity (Wildman–Crippen MR) is 151 cm³/mol. The molecule has 3 aromatic carbocycles. The second kappa shape index (κ2) is 11.4. The van der Waals surface area contributed by atoms with Gasteiger partial charge in [0.05, 0.1) is 13.9 Å². The van der Waals surface area contributed by atoms with Crippen molar-refractivity contribution < 1.29 is 28.6 Å². The first-order valence-corrected chi connectivity index (χ1v) is 13.9. The minimum absolute atomic E-state index is 0.113. The van der Waals surface area contributed by atoms with Crippen LogP contribution in [0.1, 0.15) is 11.1 Å². The summed E-state index contributed by atoms with van der Waals surface area (Å²) in [7, 11) is 0. The number of halogens is 3. The van der Waals surface area contributed by atoms with Crippen LogP contribution < -0.4 is 19.5 Å². The molecular weight excluding hydrogens is 664 g/mol. The maximum Gasteiger partial charge on any atom is 0.294 e. The van der Waals surface area contributed by atoms with Crippen LogP contribution in [0.15, 0.2) is 68.4 Å². The highest BCUT2D eigenvalue weighted by molar-refractivity contribution is 9.11. The van der Waals surface area contributed by atoms with E-state index >= 15 is 0 Å². The number of carbonyl (C=O) groups excluding carboxylic acids is 3. The van der Waals surface area contributed by atoms with E-state index < -0.39 is 23.6 Å². The third-order valence-electron chi connectivity index (χ3n) is 5.45. The van der Waals surface area contributed by atoms with Gasteiger partial charge in [-0.3, -0.25) is 19.3 Å². The van der Waals surface area contributed by atoms with Crippen molar-refractivity contribution >= 4 is 84.0 Å². The number of imide groups is 1. The van der Waals surface area contributed by atoms with E-state index in [4.69, 9.17) is 25.8 Å². The molecule has 2 aliphatic rings. The highest BCUT2D eigenvalue weighted by Crippen LogP contribution is 2.38. The fraction of sp³-hybridized carbons (Fsp3) is 0.115. The number of fused-ring (bicyclic) bond motifs is 1. The first kappa shape index (κ1) is 26.6. The molecule has 2 aliphatic heterocycles. The van der Waals surface area contributed by atoms with Crippen LogP contribution in [0.5, 0.6) is 17.2 Å². The smallest absolute Gasteiger partial charge is 0.294 e. The number of nitrogens with zero attached hydrogens (tertiary/aromatic N) is 1. The maximum absolute atomic E-state index is 12.9. The highest BCUT2D eigenvalue weighted by Gasteiger charge is 2.36. The average Bonchev–Trinajstić information content (AvgIpc) is 3.44. The molecule has 0 aromatic heterocycles. The van der Waals surface area contributed by atoms with Crippen LogP contribution in [0.25, 0.3) is 6.08 Å².